The van der Waals surface area contributed by atoms with Crippen LogP contribution in [0.4, 0.5) is 11.5 Å². The second-order valence-electron chi connectivity index (χ2n) is 6.01. The average molecular weight is 443 g/mol. The van der Waals surface area contributed by atoms with Crippen molar-refractivity contribution in [3.63, 3.8) is 0 Å². The van der Waals surface area contributed by atoms with Crippen molar-refractivity contribution >= 4 is 37.0 Å². The molecule has 144 valence electrons. The molecule has 1 aliphatic rings. The number of rotatable bonds is 6. The third-order valence-corrected chi connectivity index (χ3v) is 6.34. The summed E-state index contributed by atoms with van der Waals surface area (Å²) in [4.78, 5) is 17.2. The molecular formula is C20H20N4O3Se. The molecule has 8 heteroatoms. The number of hydrogen-bond acceptors (Lipinski definition) is 7. The van der Waals surface area contributed by atoms with Crippen molar-refractivity contribution in [2.45, 2.75) is 25.1 Å². The van der Waals surface area contributed by atoms with Crippen LogP contribution in [0.25, 0.3) is 0 Å². The maximum absolute atomic E-state index is 12.7. The van der Waals surface area contributed by atoms with Gasteiger partial charge in [0.2, 0.25) is 0 Å². The van der Waals surface area contributed by atoms with Crippen LogP contribution in [0.1, 0.15) is 36.7 Å². The Morgan fingerprint density at radius 1 is 1.61 bits per heavy atom. The number of ether oxygens (including phenoxy) is 1. The molecule has 0 fully saturated rings. The second kappa shape index (κ2) is 8.34. The van der Waals surface area contributed by atoms with Crippen LogP contribution in [0.2, 0.25) is 5.32 Å². The fraction of sp³-hybridized carbons (Fsp3) is 0.250. The molecule has 3 rings (SSSR count). The molecule has 0 saturated heterocycles. The number of nitrogens with one attached hydrogen (secondary N) is 1. The van der Waals surface area contributed by atoms with Gasteiger partial charge in [0.25, 0.3) is 0 Å². The fourth-order valence-corrected chi connectivity index (χ4v) is 4.73. The van der Waals surface area contributed by atoms with E-state index in [0.717, 1.165) is 5.32 Å². The molecule has 0 bridgehead atoms. The van der Waals surface area contributed by atoms with Crippen LogP contribution < -0.4 is 15.6 Å². The Morgan fingerprint density at radius 3 is 3.00 bits per heavy atom. The van der Waals surface area contributed by atoms with Crippen molar-refractivity contribution in [3.8, 4) is 6.07 Å². The number of nitriles is 1. The van der Waals surface area contributed by atoms with Crippen LogP contribution in [0.15, 0.2) is 46.7 Å². The zero-order valence-corrected chi connectivity index (χ0v) is 17.3. The van der Waals surface area contributed by atoms with E-state index < -0.39 is 11.9 Å². The molecular weight excluding hydrogens is 423 g/mol. The van der Waals surface area contributed by atoms with Crippen molar-refractivity contribution in [1.82, 2.24) is 4.98 Å². The van der Waals surface area contributed by atoms with E-state index in [1.807, 2.05) is 0 Å². The zero-order valence-electron chi connectivity index (χ0n) is 15.6. The van der Waals surface area contributed by atoms with E-state index in [4.69, 9.17) is 14.9 Å². The Kier molecular flexibility index (Phi) is 5.88. The molecule has 1 aliphatic heterocycles. The molecule has 0 amide bonds. The Hall–Kier alpha value is -3.01. The molecule has 2 aromatic rings. The predicted octanol–water partition coefficient (Wildman–Crippen LogP) is 2.46. The van der Waals surface area contributed by atoms with E-state index >= 15 is 0 Å². The number of fused-ring (bicyclic) bond motifs is 1. The molecule has 0 aromatic carbocycles. The molecule has 0 aliphatic carbocycles. The maximum atomic E-state index is 12.7. The van der Waals surface area contributed by atoms with Gasteiger partial charge in [-0.1, -0.05) is 0 Å². The topological polar surface area (TPSA) is 114 Å². The molecule has 1 atom stereocenters. The summed E-state index contributed by atoms with van der Waals surface area (Å²) in [5.74, 6) is -0.270. The fourth-order valence-electron chi connectivity index (χ4n) is 3.20. The number of aromatic nitrogens is 1. The van der Waals surface area contributed by atoms with Gasteiger partial charge in [-0.2, -0.15) is 0 Å². The summed E-state index contributed by atoms with van der Waals surface area (Å²) < 4.78 is 11.5. The van der Waals surface area contributed by atoms with Crippen LogP contribution in [-0.2, 0) is 9.53 Å². The van der Waals surface area contributed by atoms with E-state index in [-0.39, 0.29) is 27.4 Å². The summed E-state index contributed by atoms with van der Waals surface area (Å²) in [6.07, 6.45) is 3.33. The predicted molar refractivity (Wildman–Crippen MR) is 107 cm³/mol. The first-order chi connectivity index (χ1) is 13.5. The number of nitrogens with zero attached hydrogens (tertiary/aromatic N) is 2. The summed E-state index contributed by atoms with van der Waals surface area (Å²) in [5, 5.41) is 13.7. The van der Waals surface area contributed by atoms with Gasteiger partial charge in [0.15, 0.2) is 0 Å². The van der Waals surface area contributed by atoms with Crippen molar-refractivity contribution in [3.05, 3.63) is 59.2 Å². The molecule has 0 radical (unpaired) electrons. The third kappa shape index (κ3) is 3.42. The standard InChI is InChI=1S/C20H20N4O3Se/c1-4-9-28-19-12(10-21)17-16(18(22)24-19)15(13-7-6-8-27-13)14(11(3)23-17)20(25)26-5-2/h4,6-8,15,23H,1,5,9H2,2-3H3,(H2,22,24). The van der Waals surface area contributed by atoms with Gasteiger partial charge in [-0.25, -0.2) is 0 Å². The van der Waals surface area contributed by atoms with Gasteiger partial charge in [0.05, 0.1) is 0 Å². The first kappa shape index (κ1) is 19.7. The zero-order chi connectivity index (χ0) is 20.3. The average Bonchev–Trinajstić information content (AvgIpc) is 3.20. The summed E-state index contributed by atoms with van der Waals surface area (Å²) in [6.45, 7) is 7.50. The number of carbonyl (C=O) groups is 1. The van der Waals surface area contributed by atoms with Gasteiger partial charge in [-0.05, 0) is 0 Å². The molecule has 2 aromatic heterocycles. The monoisotopic (exact) mass is 444 g/mol. The number of carbonyl (C=O) groups excluding carboxylic acids is 1. The number of nitrogens with two attached hydrogens (primary N) is 1. The van der Waals surface area contributed by atoms with Crippen LogP contribution in [-0.4, -0.2) is 32.5 Å². The van der Waals surface area contributed by atoms with Gasteiger partial charge in [0.1, 0.15) is 0 Å². The number of nitrogen functional groups attached to an aromatic ring is 1. The number of allylic oxidation sites excluding steroid dienone is 2. The molecule has 28 heavy (non-hydrogen) atoms. The molecule has 0 saturated carbocycles. The van der Waals surface area contributed by atoms with E-state index in [1.54, 1.807) is 32.1 Å². The van der Waals surface area contributed by atoms with E-state index in [0.29, 0.717) is 38.4 Å². The van der Waals surface area contributed by atoms with Crippen LogP contribution >= 0.6 is 0 Å². The van der Waals surface area contributed by atoms with Crippen LogP contribution in [0.5, 0.6) is 0 Å². The van der Waals surface area contributed by atoms with E-state index in [1.165, 1.54) is 6.26 Å². The van der Waals surface area contributed by atoms with Crippen LogP contribution in [0.3, 0.4) is 0 Å². The van der Waals surface area contributed by atoms with Gasteiger partial charge in [-0.3, -0.25) is 0 Å². The van der Waals surface area contributed by atoms with Crippen molar-refractivity contribution in [2.24, 2.45) is 0 Å². The summed E-state index contributed by atoms with van der Waals surface area (Å²) >= 11 is -0.0726. The normalized spacial score (nSPS) is 15.4. The van der Waals surface area contributed by atoms with Crippen molar-refractivity contribution in [1.29, 1.82) is 5.26 Å². The van der Waals surface area contributed by atoms with Gasteiger partial charge in [-0.15, -0.1) is 0 Å². The summed E-state index contributed by atoms with van der Waals surface area (Å²) in [7, 11) is 0. The molecule has 7 nitrogen and oxygen atoms in total. The minimum absolute atomic E-state index is 0.0726. The minimum atomic E-state index is -0.606. The first-order valence-electron chi connectivity index (χ1n) is 8.68. The Morgan fingerprint density at radius 2 is 2.39 bits per heavy atom. The molecule has 0 spiro atoms. The van der Waals surface area contributed by atoms with Crippen molar-refractivity contribution in [2.75, 3.05) is 17.7 Å². The van der Waals surface area contributed by atoms with Gasteiger partial charge >= 0.3 is 169 Å². The van der Waals surface area contributed by atoms with Crippen LogP contribution in [0, 0.1) is 11.3 Å². The van der Waals surface area contributed by atoms with Gasteiger partial charge < -0.3 is 0 Å². The SMILES string of the molecule is C=CC[Se]c1nc(N)c2c(c1C#N)NC(C)=C(C(=O)OCC)C2c1ccco1. The van der Waals surface area contributed by atoms with E-state index in [9.17, 15) is 10.1 Å². The Labute approximate surface area is 169 Å². The molecule has 3 N–H and O–H groups in total. The molecule has 3 heterocycles. The number of hydrogen-bond donors (Lipinski definition) is 2. The Balaban J connectivity index is 2.26. The quantitative estimate of drug-likeness (QED) is 0.401. The van der Waals surface area contributed by atoms with E-state index in [2.05, 4.69) is 22.9 Å². The number of anilines is 2. The second-order valence-corrected chi connectivity index (χ2v) is 8.13. The van der Waals surface area contributed by atoms with Crippen molar-refractivity contribution < 1.29 is 13.9 Å². The number of esters is 1. The first-order valence-corrected chi connectivity index (χ1v) is 10.8. The summed E-state index contributed by atoms with van der Waals surface area (Å²) in [6, 6.07) is 5.76. The molecule has 1 unspecified atom stereocenters. The number of pyridine rings is 1. The third-order valence-electron chi connectivity index (χ3n) is 4.30. The van der Waals surface area contributed by atoms with Gasteiger partial charge in [0, 0.05) is 0 Å². The number of furan rings is 1. The Bertz CT molecular complexity index is 990. The summed E-state index contributed by atoms with van der Waals surface area (Å²) in [5.41, 5.74) is 8.87.